The predicted molar refractivity (Wildman–Crippen MR) is 98.6 cm³/mol. The number of benzene rings is 1. The van der Waals surface area contributed by atoms with Crippen molar-refractivity contribution in [2.75, 3.05) is 24.2 Å². The summed E-state index contributed by atoms with van der Waals surface area (Å²) in [6, 6.07) is 1.25. The minimum absolute atomic E-state index is 0.0582. The standard InChI is InChI=1S/C18H21F2N3OS/c1-9-6-23(10-3-4-10)16-11(18(9)24)5-12(19)17(15(16)20)22-7-13(21)14(8-22)25-2/h5-6,10,13-14H,3-4,7-8,21H2,1-2H3. The largest absolute Gasteiger partial charge is 0.364 e. The summed E-state index contributed by atoms with van der Waals surface area (Å²) in [6.07, 6.45) is 5.56. The van der Waals surface area contributed by atoms with Crippen molar-refractivity contribution >= 4 is 28.4 Å². The summed E-state index contributed by atoms with van der Waals surface area (Å²) in [4.78, 5) is 14.1. The molecule has 2 aliphatic rings. The molecule has 0 amide bonds. The van der Waals surface area contributed by atoms with Gasteiger partial charge in [0.1, 0.15) is 11.5 Å². The summed E-state index contributed by atoms with van der Waals surface area (Å²) in [6.45, 7) is 2.60. The van der Waals surface area contributed by atoms with E-state index in [9.17, 15) is 9.18 Å². The third-order valence-electron chi connectivity index (χ3n) is 5.23. The number of fused-ring (bicyclic) bond motifs is 1. The molecule has 2 fully saturated rings. The molecule has 0 spiro atoms. The van der Waals surface area contributed by atoms with Crippen LogP contribution in [0.1, 0.15) is 24.4 Å². The third-order valence-corrected chi connectivity index (χ3v) is 6.33. The highest BCUT2D eigenvalue weighted by Crippen LogP contribution is 2.40. The second-order valence-corrected chi connectivity index (χ2v) is 8.12. The summed E-state index contributed by atoms with van der Waals surface area (Å²) >= 11 is 1.61. The SMILES string of the molecule is CSC1CN(c2c(F)cc3c(=O)c(C)cn(C4CC4)c3c2F)CC1N. The van der Waals surface area contributed by atoms with Gasteiger partial charge in [-0.3, -0.25) is 4.79 Å². The van der Waals surface area contributed by atoms with E-state index in [1.807, 2.05) is 10.8 Å². The molecule has 2 atom stereocenters. The highest BCUT2D eigenvalue weighted by molar-refractivity contribution is 7.99. The van der Waals surface area contributed by atoms with Crippen LogP contribution in [-0.2, 0) is 0 Å². The van der Waals surface area contributed by atoms with Gasteiger partial charge in [-0.15, -0.1) is 0 Å². The quantitative estimate of drug-likeness (QED) is 0.909. The smallest absolute Gasteiger partial charge is 0.192 e. The Morgan fingerprint density at radius 1 is 1.28 bits per heavy atom. The molecule has 1 aromatic carbocycles. The molecular formula is C18H21F2N3OS. The molecule has 134 valence electrons. The number of aryl methyl sites for hydroxylation is 1. The van der Waals surface area contributed by atoms with Gasteiger partial charge in [0.25, 0.3) is 0 Å². The molecule has 4 nitrogen and oxygen atoms in total. The van der Waals surface area contributed by atoms with Gasteiger partial charge in [-0.1, -0.05) is 0 Å². The highest BCUT2D eigenvalue weighted by atomic mass is 32.2. The molecule has 2 aromatic rings. The van der Waals surface area contributed by atoms with E-state index in [4.69, 9.17) is 5.73 Å². The summed E-state index contributed by atoms with van der Waals surface area (Å²) in [5.74, 6) is -1.34. The molecule has 2 N–H and O–H groups in total. The summed E-state index contributed by atoms with van der Waals surface area (Å²) in [7, 11) is 0. The number of rotatable bonds is 3. The van der Waals surface area contributed by atoms with Crippen LogP contribution in [0, 0.1) is 18.6 Å². The van der Waals surface area contributed by atoms with Crippen molar-refractivity contribution in [3.63, 3.8) is 0 Å². The van der Waals surface area contributed by atoms with E-state index in [-0.39, 0.29) is 39.4 Å². The van der Waals surface area contributed by atoms with Crippen LogP contribution in [0.4, 0.5) is 14.5 Å². The van der Waals surface area contributed by atoms with Crippen molar-refractivity contribution in [1.29, 1.82) is 0 Å². The normalized spacial score (nSPS) is 23.6. The van der Waals surface area contributed by atoms with E-state index in [1.165, 1.54) is 6.07 Å². The summed E-state index contributed by atoms with van der Waals surface area (Å²) in [5.41, 5.74) is 6.46. The number of aromatic nitrogens is 1. The Morgan fingerprint density at radius 3 is 2.60 bits per heavy atom. The molecule has 1 saturated carbocycles. The number of nitrogens with two attached hydrogens (primary N) is 1. The van der Waals surface area contributed by atoms with Crippen LogP contribution in [0.5, 0.6) is 0 Å². The van der Waals surface area contributed by atoms with Crippen LogP contribution in [0.2, 0.25) is 0 Å². The van der Waals surface area contributed by atoms with Gasteiger partial charge in [0.2, 0.25) is 0 Å². The maximum atomic E-state index is 15.4. The Balaban J connectivity index is 1.94. The monoisotopic (exact) mass is 365 g/mol. The van der Waals surface area contributed by atoms with E-state index in [2.05, 4.69) is 0 Å². The second kappa shape index (κ2) is 5.99. The van der Waals surface area contributed by atoms with Gasteiger partial charge in [0.05, 0.1) is 10.9 Å². The summed E-state index contributed by atoms with van der Waals surface area (Å²) < 4.78 is 32.0. The minimum Gasteiger partial charge on any atom is -0.364 e. The maximum Gasteiger partial charge on any atom is 0.192 e. The first-order valence-electron chi connectivity index (χ1n) is 8.49. The molecule has 0 radical (unpaired) electrons. The fraction of sp³-hybridized carbons (Fsp3) is 0.500. The molecule has 25 heavy (non-hydrogen) atoms. The minimum atomic E-state index is -0.691. The Kier molecular flexibility index (Phi) is 4.03. The lowest BCUT2D eigenvalue weighted by molar-refractivity contribution is 0.577. The Morgan fingerprint density at radius 2 is 2.00 bits per heavy atom. The van der Waals surface area contributed by atoms with Crippen LogP contribution >= 0.6 is 11.8 Å². The zero-order valence-electron chi connectivity index (χ0n) is 14.3. The zero-order chi connectivity index (χ0) is 17.9. The highest BCUT2D eigenvalue weighted by Gasteiger charge is 2.34. The van der Waals surface area contributed by atoms with Gasteiger partial charge in [-0.25, -0.2) is 8.78 Å². The van der Waals surface area contributed by atoms with E-state index < -0.39 is 11.6 Å². The fourth-order valence-electron chi connectivity index (χ4n) is 3.73. The van der Waals surface area contributed by atoms with Crippen LogP contribution < -0.4 is 16.1 Å². The number of hydrogen-bond donors (Lipinski definition) is 1. The summed E-state index contributed by atoms with van der Waals surface area (Å²) in [5, 5.41) is 0.258. The number of nitrogens with zero attached hydrogens (tertiary/aromatic N) is 2. The lowest BCUT2D eigenvalue weighted by atomic mass is 10.1. The molecule has 2 unspecified atom stereocenters. The molecule has 2 heterocycles. The van der Waals surface area contributed by atoms with Crippen molar-refractivity contribution in [3.05, 3.63) is 39.7 Å². The average Bonchev–Trinajstić information content (AvgIpc) is 3.34. The third kappa shape index (κ3) is 2.64. The van der Waals surface area contributed by atoms with Crippen LogP contribution in [-0.4, -0.2) is 35.2 Å². The molecule has 0 bridgehead atoms. The maximum absolute atomic E-state index is 15.4. The Labute approximate surface area is 149 Å². The predicted octanol–water partition coefficient (Wildman–Crippen LogP) is 2.80. The van der Waals surface area contributed by atoms with E-state index in [1.54, 1.807) is 29.8 Å². The average molecular weight is 365 g/mol. The molecule has 4 rings (SSSR count). The van der Waals surface area contributed by atoms with Gasteiger partial charge in [-0.2, -0.15) is 11.8 Å². The van der Waals surface area contributed by atoms with E-state index >= 15 is 4.39 Å². The lowest BCUT2D eigenvalue weighted by Crippen LogP contribution is -2.31. The Hall–Kier alpha value is -1.60. The van der Waals surface area contributed by atoms with Crippen LogP contribution in [0.3, 0.4) is 0 Å². The molecular weight excluding hydrogens is 344 g/mol. The number of halogens is 2. The van der Waals surface area contributed by atoms with Crippen molar-refractivity contribution in [2.24, 2.45) is 5.73 Å². The number of anilines is 1. The molecule has 1 saturated heterocycles. The van der Waals surface area contributed by atoms with Gasteiger partial charge < -0.3 is 15.2 Å². The fourth-order valence-corrected chi connectivity index (χ4v) is 4.49. The number of hydrogen-bond acceptors (Lipinski definition) is 4. The van der Waals surface area contributed by atoms with Gasteiger partial charge in [0, 0.05) is 42.2 Å². The van der Waals surface area contributed by atoms with E-state index in [0.717, 1.165) is 12.8 Å². The molecule has 7 heteroatoms. The topological polar surface area (TPSA) is 51.3 Å². The second-order valence-electron chi connectivity index (χ2n) is 7.04. The van der Waals surface area contributed by atoms with Crippen molar-refractivity contribution in [1.82, 2.24) is 4.57 Å². The van der Waals surface area contributed by atoms with Crippen LogP contribution in [0.25, 0.3) is 10.9 Å². The van der Waals surface area contributed by atoms with E-state index in [0.29, 0.717) is 18.7 Å². The molecule has 1 aromatic heterocycles. The molecule has 1 aliphatic carbocycles. The zero-order valence-corrected chi connectivity index (χ0v) is 15.1. The first-order chi connectivity index (χ1) is 11.9. The first kappa shape index (κ1) is 16.8. The molecule has 1 aliphatic heterocycles. The lowest BCUT2D eigenvalue weighted by Gasteiger charge is -2.22. The first-order valence-corrected chi connectivity index (χ1v) is 9.78. The van der Waals surface area contributed by atoms with Gasteiger partial charge in [0.15, 0.2) is 11.2 Å². The van der Waals surface area contributed by atoms with Crippen molar-refractivity contribution in [2.45, 2.75) is 37.1 Å². The van der Waals surface area contributed by atoms with Gasteiger partial charge >= 0.3 is 0 Å². The van der Waals surface area contributed by atoms with Crippen LogP contribution in [0.15, 0.2) is 17.1 Å². The van der Waals surface area contributed by atoms with Crippen molar-refractivity contribution < 1.29 is 8.78 Å². The Bertz CT molecular complexity index is 910. The van der Waals surface area contributed by atoms with Crippen molar-refractivity contribution in [3.8, 4) is 0 Å². The number of pyridine rings is 1. The number of thioether (sulfide) groups is 1. The van der Waals surface area contributed by atoms with Gasteiger partial charge in [-0.05, 0) is 32.1 Å².